The molecule has 108 valence electrons. The molecule has 0 spiro atoms. The predicted molar refractivity (Wildman–Crippen MR) is 79.3 cm³/mol. The van der Waals surface area contributed by atoms with Crippen LogP contribution in [0.25, 0.3) is 0 Å². The number of rotatable bonds is 4. The lowest BCUT2D eigenvalue weighted by molar-refractivity contribution is 0.572. The van der Waals surface area contributed by atoms with Gasteiger partial charge in [0.05, 0.1) is 18.2 Å². The molecular weight excluding hydrogens is 262 g/mol. The minimum absolute atomic E-state index is 0.700. The van der Waals surface area contributed by atoms with Crippen molar-refractivity contribution < 1.29 is 0 Å². The van der Waals surface area contributed by atoms with E-state index in [0.717, 1.165) is 36.7 Å². The number of hydrogen-bond donors (Lipinski definition) is 1. The standard InChI is InChI=1S/C16H19N5/c17-10-13-5-4-6-14(9-13)11-18-12-16-20-19-15-7-2-1-3-8-21(15)16/h4-6,9,18H,1-3,7-8,11-12H2. The van der Waals surface area contributed by atoms with Crippen molar-refractivity contribution in [2.45, 2.75) is 45.3 Å². The minimum Gasteiger partial charge on any atom is -0.314 e. The molecule has 1 aliphatic heterocycles. The van der Waals surface area contributed by atoms with Gasteiger partial charge in [-0.2, -0.15) is 5.26 Å². The molecule has 0 amide bonds. The molecule has 0 saturated heterocycles. The van der Waals surface area contributed by atoms with Crippen molar-refractivity contribution in [2.24, 2.45) is 0 Å². The van der Waals surface area contributed by atoms with Gasteiger partial charge in [0.1, 0.15) is 11.6 Å². The summed E-state index contributed by atoms with van der Waals surface area (Å²) in [6.07, 6.45) is 4.74. The number of nitrogens with one attached hydrogen (secondary N) is 1. The van der Waals surface area contributed by atoms with E-state index in [0.29, 0.717) is 12.1 Å². The fourth-order valence-corrected chi connectivity index (χ4v) is 2.75. The lowest BCUT2D eigenvalue weighted by atomic mass is 10.1. The Kier molecular flexibility index (Phi) is 4.27. The number of hydrogen-bond acceptors (Lipinski definition) is 4. The summed E-state index contributed by atoms with van der Waals surface area (Å²) in [6.45, 7) is 2.48. The van der Waals surface area contributed by atoms with Crippen LogP contribution in [0.2, 0.25) is 0 Å². The summed E-state index contributed by atoms with van der Waals surface area (Å²) in [4.78, 5) is 0. The molecule has 0 bridgehead atoms. The molecule has 2 heterocycles. The summed E-state index contributed by atoms with van der Waals surface area (Å²) in [5.41, 5.74) is 1.82. The van der Waals surface area contributed by atoms with Crippen LogP contribution in [-0.4, -0.2) is 14.8 Å². The third-order valence-corrected chi connectivity index (χ3v) is 3.85. The average molecular weight is 281 g/mol. The minimum atomic E-state index is 0.700. The number of benzene rings is 1. The van der Waals surface area contributed by atoms with Crippen molar-refractivity contribution in [1.29, 1.82) is 5.26 Å². The zero-order valence-electron chi connectivity index (χ0n) is 12.0. The molecule has 0 radical (unpaired) electrons. The van der Waals surface area contributed by atoms with Gasteiger partial charge in [0.25, 0.3) is 0 Å². The molecule has 0 aliphatic carbocycles. The maximum absolute atomic E-state index is 8.90. The maximum atomic E-state index is 8.90. The van der Waals surface area contributed by atoms with Crippen LogP contribution in [0.1, 0.15) is 42.0 Å². The smallest absolute Gasteiger partial charge is 0.147 e. The fourth-order valence-electron chi connectivity index (χ4n) is 2.75. The van der Waals surface area contributed by atoms with Crippen LogP contribution >= 0.6 is 0 Å². The molecule has 0 atom stereocenters. The number of fused-ring (bicyclic) bond motifs is 1. The van der Waals surface area contributed by atoms with Crippen molar-refractivity contribution in [3.63, 3.8) is 0 Å². The topological polar surface area (TPSA) is 66.5 Å². The third-order valence-electron chi connectivity index (χ3n) is 3.85. The highest BCUT2D eigenvalue weighted by Crippen LogP contribution is 2.14. The number of aryl methyl sites for hydroxylation is 1. The van der Waals surface area contributed by atoms with Gasteiger partial charge in [-0.3, -0.25) is 0 Å². The largest absolute Gasteiger partial charge is 0.314 e. The van der Waals surface area contributed by atoms with Crippen LogP contribution in [0, 0.1) is 11.3 Å². The zero-order chi connectivity index (χ0) is 14.5. The molecular formula is C16H19N5. The van der Waals surface area contributed by atoms with Crippen LogP contribution in [0.15, 0.2) is 24.3 Å². The molecule has 1 aromatic heterocycles. The van der Waals surface area contributed by atoms with Gasteiger partial charge in [-0.05, 0) is 30.5 Å². The first-order chi connectivity index (χ1) is 10.4. The van der Waals surface area contributed by atoms with Crippen molar-refractivity contribution in [3.05, 3.63) is 47.0 Å². The number of nitriles is 1. The van der Waals surface area contributed by atoms with Gasteiger partial charge < -0.3 is 9.88 Å². The Morgan fingerprint density at radius 2 is 2.14 bits per heavy atom. The summed E-state index contributed by atoms with van der Waals surface area (Å²) >= 11 is 0. The molecule has 0 saturated carbocycles. The van der Waals surface area contributed by atoms with Gasteiger partial charge in [0.2, 0.25) is 0 Å². The van der Waals surface area contributed by atoms with E-state index < -0.39 is 0 Å². The molecule has 1 aromatic carbocycles. The van der Waals surface area contributed by atoms with E-state index in [4.69, 9.17) is 5.26 Å². The van der Waals surface area contributed by atoms with E-state index in [2.05, 4.69) is 26.2 Å². The first-order valence-electron chi connectivity index (χ1n) is 7.47. The van der Waals surface area contributed by atoms with Gasteiger partial charge in [-0.1, -0.05) is 18.6 Å². The normalized spacial score (nSPS) is 14.2. The average Bonchev–Trinajstić information content (AvgIpc) is 2.75. The summed E-state index contributed by atoms with van der Waals surface area (Å²) in [5, 5.41) is 20.9. The van der Waals surface area contributed by atoms with E-state index in [9.17, 15) is 0 Å². The second-order valence-corrected chi connectivity index (χ2v) is 5.41. The monoisotopic (exact) mass is 281 g/mol. The van der Waals surface area contributed by atoms with Crippen LogP contribution in [0.5, 0.6) is 0 Å². The molecule has 5 heteroatoms. The van der Waals surface area contributed by atoms with Gasteiger partial charge in [-0.15, -0.1) is 10.2 Å². The van der Waals surface area contributed by atoms with Crippen LogP contribution in [0.3, 0.4) is 0 Å². The van der Waals surface area contributed by atoms with Crippen LogP contribution in [0.4, 0.5) is 0 Å². The summed E-state index contributed by atoms with van der Waals surface area (Å²) in [6, 6.07) is 9.84. The van der Waals surface area contributed by atoms with E-state index in [1.54, 1.807) is 0 Å². The molecule has 0 fully saturated rings. The number of aromatic nitrogens is 3. The molecule has 21 heavy (non-hydrogen) atoms. The maximum Gasteiger partial charge on any atom is 0.147 e. The van der Waals surface area contributed by atoms with Crippen molar-refractivity contribution in [1.82, 2.24) is 20.1 Å². The molecule has 2 aromatic rings. The highest BCUT2D eigenvalue weighted by Gasteiger charge is 2.13. The summed E-state index contributed by atoms with van der Waals surface area (Å²) < 4.78 is 2.26. The van der Waals surface area contributed by atoms with E-state index in [-0.39, 0.29) is 0 Å². The number of nitrogens with zero attached hydrogens (tertiary/aromatic N) is 4. The molecule has 1 N–H and O–H groups in total. The fraction of sp³-hybridized carbons (Fsp3) is 0.438. The Morgan fingerprint density at radius 1 is 1.19 bits per heavy atom. The zero-order valence-corrected chi connectivity index (χ0v) is 12.0. The Morgan fingerprint density at radius 3 is 3.05 bits per heavy atom. The highest BCUT2D eigenvalue weighted by atomic mass is 15.3. The van der Waals surface area contributed by atoms with Crippen molar-refractivity contribution in [3.8, 4) is 6.07 Å². The summed E-state index contributed by atoms with van der Waals surface area (Å²) in [5.74, 6) is 2.14. The third kappa shape index (κ3) is 3.29. The van der Waals surface area contributed by atoms with Gasteiger partial charge in [0.15, 0.2) is 0 Å². The molecule has 3 rings (SSSR count). The van der Waals surface area contributed by atoms with Gasteiger partial charge in [-0.25, -0.2) is 0 Å². The second kappa shape index (κ2) is 6.51. The van der Waals surface area contributed by atoms with Gasteiger partial charge in [0, 0.05) is 19.5 Å². The highest BCUT2D eigenvalue weighted by molar-refractivity contribution is 5.32. The quantitative estimate of drug-likeness (QED) is 0.932. The lowest BCUT2D eigenvalue weighted by Gasteiger charge is -2.08. The van der Waals surface area contributed by atoms with Gasteiger partial charge >= 0.3 is 0 Å². The van der Waals surface area contributed by atoms with Crippen LogP contribution in [-0.2, 0) is 26.1 Å². The van der Waals surface area contributed by atoms with E-state index in [1.165, 1.54) is 19.3 Å². The molecule has 0 unspecified atom stereocenters. The van der Waals surface area contributed by atoms with Crippen molar-refractivity contribution in [2.75, 3.05) is 0 Å². The molecule has 1 aliphatic rings. The summed E-state index contributed by atoms with van der Waals surface area (Å²) in [7, 11) is 0. The Hall–Kier alpha value is -2.19. The second-order valence-electron chi connectivity index (χ2n) is 5.41. The predicted octanol–water partition coefficient (Wildman–Crippen LogP) is 2.17. The Labute approximate surface area is 124 Å². The van der Waals surface area contributed by atoms with Crippen molar-refractivity contribution >= 4 is 0 Å². The SMILES string of the molecule is N#Cc1cccc(CNCc2nnc3n2CCCCC3)c1. The Bertz CT molecular complexity index is 653. The van der Waals surface area contributed by atoms with Crippen LogP contribution < -0.4 is 5.32 Å². The Balaban J connectivity index is 1.61. The molecule has 5 nitrogen and oxygen atoms in total. The van der Waals surface area contributed by atoms with E-state index >= 15 is 0 Å². The lowest BCUT2D eigenvalue weighted by Crippen LogP contribution is -2.17. The first-order valence-corrected chi connectivity index (χ1v) is 7.47. The first kappa shape index (κ1) is 13.8. The van der Waals surface area contributed by atoms with E-state index in [1.807, 2.05) is 24.3 Å².